The van der Waals surface area contributed by atoms with Crippen LogP contribution in [0.15, 0.2) is 36.8 Å². The van der Waals surface area contributed by atoms with Crippen molar-refractivity contribution in [2.45, 2.75) is 44.2 Å². The zero-order valence-corrected chi connectivity index (χ0v) is 13.9. The lowest BCUT2D eigenvalue weighted by molar-refractivity contribution is -0.122. The van der Waals surface area contributed by atoms with Gasteiger partial charge in [0, 0.05) is 43.8 Å². The molecule has 1 saturated carbocycles. The fourth-order valence-corrected chi connectivity index (χ4v) is 3.23. The van der Waals surface area contributed by atoms with E-state index in [-0.39, 0.29) is 18.1 Å². The highest BCUT2D eigenvalue weighted by atomic mass is 16.3. The molecule has 3 rings (SSSR count). The molecule has 128 valence electrons. The van der Waals surface area contributed by atoms with E-state index in [4.69, 9.17) is 0 Å². The largest absolute Gasteiger partial charge is 0.393 e. The van der Waals surface area contributed by atoms with Gasteiger partial charge in [0.2, 0.25) is 5.91 Å². The standard InChI is InChI=1S/C18H24N4O2/c1-22-15(6-9-20-22)2-3-18(24)21-17(14-11-16(23)12-14)10-13-4-7-19-8-5-13/h4-9,14,16-17,23H,2-3,10-12H2,1H3,(H,21,24)/t14?,16?,17-/m0/s1. The number of pyridine rings is 1. The first-order valence-electron chi connectivity index (χ1n) is 8.45. The maximum absolute atomic E-state index is 12.4. The first kappa shape index (κ1) is 16.6. The highest BCUT2D eigenvalue weighted by Crippen LogP contribution is 2.31. The number of nitrogens with one attached hydrogen (secondary N) is 1. The van der Waals surface area contributed by atoms with Crippen molar-refractivity contribution in [2.24, 2.45) is 13.0 Å². The van der Waals surface area contributed by atoms with Crippen LogP contribution in [0.4, 0.5) is 0 Å². The Kier molecular flexibility index (Phi) is 5.25. The van der Waals surface area contributed by atoms with Gasteiger partial charge in [0.05, 0.1) is 6.10 Å². The molecule has 6 nitrogen and oxygen atoms in total. The van der Waals surface area contributed by atoms with Crippen molar-refractivity contribution in [3.8, 4) is 0 Å². The Hall–Kier alpha value is -2.21. The van der Waals surface area contributed by atoms with E-state index in [0.717, 1.165) is 30.5 Å². The normalized spacial score (nSPS) is 21.1. The van der Waals surface area contributed by atoms with Crippen molar-refractivity contribution in [3.05, 3.63) is 48.0 Å². The molecule has 2 N–H and O–H groups in total. The van der Waals surface area contributed by atoms with Crippen molar-refractivity contribution < 1.29 is 9.90 Å². The summed E-state index contributed by atoms with van der Waals surface area (Å²) in [4.78, 5) is 16.4. The molecule has 1 aliphatic rings. The van der Waals surface area contributed by atoms with Crippen LogP contribution in [-0.4, -0.2) is 37.9 Å². The molecule has 0 spiro atoms. The number of aromatic nitrogens is 3. The van der Waals surface area contributed by atoms with Crippen LogP contribution in [0.2, 0.25) is 0 Å². The number of amides is 1. The van der Waals surface area contributed by atoms with Gasteiger partial charge in [0.25, 0.3) is 0 Å². The van der Waals surface area contributed by atoms with Gasteiger partial charge >= 0.3 is 0 Å². The Morgan fingerprint density at radius 1 is 1.33 bits per heavy atom. The van der Waals surface area contributed by atoms with Gasteiger partial charge in [-0.3, -0.25) is 14.5 Å². The lowest BCUT2D eigenvalue weighted by Gasteiger charge is -2.38. The fraction of sp³-hybridized carbons (Fsp3) is 0.500. The summed E-state index contributed by atoms with van der Waals surface area (Å²) >= 11 is 0. The van der Waals surface area contributed by atoms with Gasteiger partial charge in [-0.25, -0.2) is 0 Å². The second-order valence-electron chi connectivity index (χ2n) is 6.57. The number of hydrogen-bond donors (Lipinski definition) is 2. The lowest BCUT2D eigenvalue weighted by atomic mass is 9.75. The number of carbonyl (C=O) groups excluding carboxylic acids is 1. The zero-order valence-electron chi connectivity index (χ0n) is 13.9. The zero-order chi connectivity index (χ0) is 16.9. The van der Waals surface area contributed by atoms with Gasteiger partial charge in [0.1, 0.15) is 0 Å². The maximum atomic E-state index is 12.4. The van der Waals surface area contributed by atoms with Crippen LogP contribution >= 0.6 is 0 Å². The average molecular weight is 328 g/mol. The number of carbonyl (C=O) groups is 1. The van der Waals surface area contributed by atoms with Crippen LogP contribution in [0.5, 0.6) is 0 Å². The smallest absolute Gasteiger partial charge is 0.220 e. The lowest BCUT2D eigenvalue weighted by Crippen LogP contribution is -2.48. The molecule has 0 radical (unpaired) electrons. The molecule has 1 fully saturated rings. The average Bonchev–Trinajstić information content (AvgIpc) is 2.95. The Balaban J connectivity index is 1.56. The van der Waals surface area contributed by atoms with Gasteiger partial charge < -0.3 is 10.4 Å². The molecule has 2 heterocycles. The SMILES string of the molecule is Cn1nccc1CCC(=O)N[C@@H](Cc1ccncc1)C1CC(O)C1. The molecule has 1 aliphatic carbocycles. The van der Waals surface area contributed by atoms with E-state index in [1.54, 1.807) is 23.3 Å². The summed E-state index contributed by atoms with van der Waals surface area (Å²) in [5, 5.41) is 16.9. The Labute approximate surface area is 141 Å². The van der Waals surface area contributed by atoms with E-state index in [2.05, 4.69) is 15.4 Å². The van der Waals surface area contributed by atoms with Crippen LogP contribution in [0.25, 0.3) is 0 Å². The molecule has 0 aliphatic heterocycles. The molecule has 0 bridgehead atoms. The number of aryl methyl sites for hydroxylation is 2. The van der Waals surface area contributed by atoms with Gasteiger partial charge in [0.15, 0.2) is 0 Å². The summed E-state index contributed by atoms with van der Waals surface area (Å²) in [6, 6.07) is 5.95. The van der Waals surface area contributed by atoms with Gasteiger partial charge in [-0.1, -0.05) is 0 Å². The Morgan fingerprint density at radius 2 is 2.08 bits per heavy atom. The topological polar surface area (TPSA) is 80.0 Å². The van der Waals surface area contributed by atoms with Crippen molar-refractivity contribution >= 4 is 5.91 Å². The number of aliphatic hydroxyl groups excluding tert-OH is 1. The predicted molar refractivity (Wildman–Crippen MR) is 90.1 cm³/mol. The van der Waals surface area contributed by atoms with Gasteiger partial charge in [-0.05, 0) is 55.4 Å². The third kappa shape index (κ3) is 4.20. The first-order chi connectivity index (χ1) is 11.6. The molecule has 6 heteroatoms. The van der Waals surface area contributed by atoms with Gasteiger partial charge in [-0.2, -0.15) is 5.10 Å². The minimum Gasteiger partial charge on any atom is -0.393 e. The number of aliphatic hydroxyl groups is 1. The van der Waals surface area contributed by atoms with Crippen molar-refractivity contribution in [1.82, 2.24) is 20.1 Å². The van der Waals surface area contributed by atoms with Crippen LogP contribution in [0, 0.1) is 5.92 Å². The summed E-state index contributed by atoms with van der Waals surface area (Å²) in [5.74, 6) is 0.394. The van der Waals surface area contributed by atoms with Gasteiger partial charge in [-0.15, -0.1) is 0 Å². The molecule has 1 atom stereocenters. The van der Waals surface area contributed by atoms with Crippen molar-refractivity contribution in [3.63, 3.8) is 0 Å². The molecule has 1 amide bonds. The van der Waals surface area contributed by atoms with Crippen molar-refractivity contribution in [1.29, 1.82) is 0 Å². The molecular weight excluding hydrogens is 304 g/mol. The van der Waals surface area contributed by atoms with E-state index in [9.17, 15) is 9.90 Å². The minimum atomic E-state index is -0.221. The molecule has 2 aromatic rings. The summed E-state index contributed by atoms with van der Waals surface area (Å²) in [7, 11) is 1.88. The molecule has 0 aromatic carbocycles. The highest BCUT2D eigenvalue weighted by Gasteiger charge is 2.34. The summed E-state index contributed by atoms with van der Waals surface area (Å²) in [6.45, 7) is 0. The van der Waals surface area contributed by atoms with Crippen molar-refractivity contribution in [2.75, 3.05) is 0 Å². The molecule has 2 aromatic heterocycles. The number of nitrogens with zero attached hydrogens (tertiary/aromatic N) is 3. The second kappa shape index (κ2) is 7.57. The quantitative estimate of drug-likeness (QED) is 0.801. The van der Waals surface area contributed by atoms with Crippen LogP contribution in [0.1, 0.15) is 30.5 Å². The molecular formula is C18H24N4O2. The van der Waals surface area contributed by atoms with E-state index < -0.39 is 0 Å². The monoisotopic (exact) mass is 328 g/mol. The second-order valence-corrected chi connectivity index (χ2v) is 6.57. The first-order valence-corrected chi connectivity index (χ1v) is 8.45. The van der Waals surface area contributed by atoms with E-state index in [1.165, 1.54) is 0 Å². The minimum absolute atomic E-state index is 0.0524. The molecule has 0 saturated heterocycles. The van der Waals surface area contributed by atoms with Crippen LogP contribution in [-0.2, 0) is 24.7 Å². The predicted octanol–water partition coefficient (Wildman–Crippen LogP) is 1.25. The van der Waals surface area contributed by atoms with Crippen LogP contribution < -0.4 is 5.32 Å². The third-order valence-corrected chi connectivity index (χ3v) is 4.80. The summed E-state index contributed by atoms with van der Waals surface area (Å²) in [5.41, 5.74) is 2.21. The highest BCUT2D eigenvalue weighted by molar-refractivity contribution is 5.76. The van der Waals surface area contributed by atoms with E-state index in [0.29, 0.717) is 18.8 Å². The fourth-order valence-electron chi connectivity index (χ4n) is 3.23. The van der Waals surface area contributed by atoms with Crippen LogP contribution in [0.3, 0.4) is 0 Å². The maximum Gasteiger partial charge on any atom is 0.220 e. The summed E-state index contributed by atoms with van der Waals surface area (Å²) in [6.07, 6.45) is 8.49. The number of hydrogen-bond acceptors (Lipinski definition) is 4. The molecule has 24 heavy (non-hydrogen) atoms. The molecule has 0 unspecified atom stereocenters. The number of rotatable bonds is 7. The Bertz CT molecular complexity index is 665. The third-order valence-electron chi connectivity index (χ3n) is 4.80. The summed E-state index contributed by atoms with van der Waals surface area (Å²) < 4.78 is 1.80. The van der Waals surface area contributed by atoms with E-state index in [1.807, 2.05) is 25.2 Å². The Morgan fingerprint density at radius 3 is 2.71 bits per heavy atom. The van der Waals surface area contributed by atoms with E-state index >= 15 is 0 Å².